The van der Waals surface area contributed by atoms with E-state index in [9.17, 15) is 13.9 Å². The summed E-state index contributed by atoms with van der Waals surface area (Å²) in [6, 6.07) is 3.07. The van der Waals surface area contributed by atoms with Crippen molar-refractivity contribution in [3.05, 3.63) is 41.6 Å². The molecule has 0 spiro atoms. The van der Waals surface area contributed by atoms with Gasteiger partial charge in [-0.2, -0.15) is 0 Å². The number of aliphatic hydroxyl groups is 1. The van der Waals surface area contributed by atoms with Crippen LogP contribution in [0.25, 0.3) is 0 Å². The normalized spacial score (nSPS) is 14.2. The van der Waals surface area contributed by atoms with Gasteiger partial charge in [-0.3, -0.25) is 4.99 Å². The van der Waals surface area contributed by atoms with E-state index in [1.54, 1.807) is 6.92 Å². The zero-order valence-corrected chi connectivity index (χ0v) is 9.40. The van der Waals surface area contributed by atoms with Gasteiger partial charge in [0.1, 0.15) is 5.82 Å². The van der Waals surface area contributed by atoms with Crippen LogP contribution in [0.2, 0.25) is 0 Å². The van der Waals surface area contributed by atoms with Crippen molar-refractivity contribution in [3.8, 4) is 0 Å². The van der Waals surface area contributed by atoms with Gasteiger partial charge in [-0.15, -0.1) is 0 Å². The van der Waals surface area contributed by atoms with Crippen LogP contribution in [-0.4, -0.2) is 17.4 Å². The Labute approximate surface area is 98.3 Å². The Hall–Kier alpha value is -1.75. The molecule has 1 aromatic carbocycles. The minimum atomic E-state index is -0.761. The number of aliphatic imine (C=N–C) groups is 1. The molecule has 3 nitrogen and oxygen atoms in total. The maximum atomic E-state index is 13.2. The summed E-state index contributed by atoms with van der Waals surface area (Å²) in [5.41, 5.74) is 5.69. The molecule has 0 aromatic heterocycles. The van der Waals surface area contributed by atoms with Crippen molar-refractivity contribution in [2.45, 2.75) is 19.4 Å². The lowest BCUT2D eigenvalue weighted by atomic mass is 10.1. The Morgan fingerprint density at radius 3 is 2.76 bits per heavy atom. The van der Waals surface area contributed by atoms with Crippen LogP contribution in [0.1, 0.15) is 13.3 Å². The second-order valence-corrected chi connectivity index (χ2v) is 3.44. The monoisotopic (exact) mass is 240 g/mol. The highest BCUT2D eigenvalue weighted by molar-refractivity contribution is 5.82. The molecular formula is C12H14F2N2O. The van der Waals surface area contributed by atoms with Crippen LogP contribution >= 0.6 is 0 Å². The second-order valence-electron chi connectivity index (χ2n) is 3.44. The van der Waals surface area contributed by atoms with E-state index in [0.717, 1.165) is 12.1 Å². The molecule has 1 unspecified atom stereocenters. The first-order chi connectivity index (χ1) is 8.08. The molecule has 0 fully saturated rings. The SMILES string of the molecule is CCC(O)C(C=Nc1ccc(F)cc1F)=CN. The van der Waals surface area contributed by atoms with Crippen molar-refractivity contribution in [2.24, 2.45) is 10.7 Å². The molecule has 92 valence electrons. The number of benzene rings is 1. The summed E-state index contributed by atoms with van der Waals surface area (Å²) in [5.74, 6) is -1.42. The fraction of sp³-hybridized carbons (Fsp3) is 0.250. The average molecular weight is 240 g/mol. The maximum absolute atomic E-state index is 13.2. The summed E-state index contributed by atoms with van der Waals surface area (Å²) in [6.07, 6.45) is 2.21. The van der Waals surface area contributed by atoms with Crippen molar-refractivity contribution in [1.29, 1.82) is 0 Å². The Morgan fingerprint density at radius 1 is 1.53 bits per heavy atom. The van der Waals surface area contributed by atoms with Crippen LogP contribution in [0.15, 0.2) is 35.0 Å². The largest absolute Gasteiger partial charge is 0.404 e. The van der Waals surface area contributed by atoms with Crippen LogP contribution < -0.4 is 5.73 Å². The first kappa shape index (κ1) is 13.3. The molecule has 3 N–H and O–H groups in total. The maximum Gasteiger partial charge on any atom is 0.151 e. The average Bonchev–Trinajstić information content (AvgIpc) is 2.31. The number of nitrogens with two attached hydrogens (primary N) is 1. The molecule has 0 saturated carbocycles. The van der Waals surface area contributed by atoms with Gasteiger partial charge in [-0.1, -0.05) is 6.92 Å². The Balaban J connectivity index is 2.90. The van der Waals surface area contributed by atoms with Crippen LogP contribution in [0.3, 0.4) is 0 Å². The van der Waals surface area contributed by atoms with Crippen molar-refractivity contribution >= 4 is 11.9 Å². The van der Waals surface area contributed by atoms with E-state index in [2.05, 4.69) is 4.99 Å². The van der Waals surface area contributed by atoms with E-state index >= 15 is 0 Å². The van der Waals surface area contributed by atoms with Crippen LogP contribution in [0, 0.1) is 11.6 Å². The third-order valence-corrected chi connectivity index (χ3v) is 2.23. The predicted octanol–water partition coefficient (Wildman–Crippen LogP) is 2.28. The number of hydrogen-bond acceptors (Lipinski definition) is 3. The van der Waals surface area contributed by atoms with Gasteiger partial charge in [0.15, 0.2) is 5.82 Å². The number of halogens is 2. The van der Waals surface area contributed by atoms with Gasteiger partial charge in [-0.05, 0) is 18.6 Å². The van der Waals surface area contributed by atoms with Crippen molar-refractivity contribution in [1.82, 2.24) is 0 Å². The van der Waals surface area contributed by atoms with E-state index in [1.807, 2.05) is 0 Å². The van der Waals surface area contributed by atoms with Crippen molar-refractivity contribution < 1.29 is 13.9 Å². The molecule has 0 radical (unpaired) electrons. The molecule has 0 heterocycles. The number of aliphatic hydroxyl groups excluding tert-OH is 1. The van der Waals surface area contributed by atoms with Crippen molar-refractivity contribution in [2.75, 3.05) is 0 Å². The summed E-state index contributed by atoms with van der Waals surface area (Å²) in [6.45, 7) is 1.78. The Morgan fingerprint density at radius 2 is 2.24 bits per heavy atom. The summed E-state index contributed by atoms with van der Waals surface area (Å²) in [5, 5.41) is 9.52. The van der Waals surface area contributed by atoms with E-state index in [4.69, 9.17) is 5.73 Å². The fourth-order valence-electron chi connectivity index (χ4n) is 1.21. The smallest absolute Gasteiger partial charge is 0.151 e. The summed E-state index contributed by atoms with van der Waals surface area (Å²) >= 11 is 0. The van der Waals surface area contributed by atoms with E-state index in [-0.39, 0.29) is 5.69 Å². The molecule has 0 saturated heterocycles. The lowest BCUT2D eigenvalue weighted by molar-refractivity contribution is 0.213. The van der Waals surface area contributed by atoms with Gasteiger partial charge in [0.05, 0.1) is 11.8 Å². The molecule has 0 amide bonds. The van der Waals surface area contributed by atoms with Crippen molar-refractivity contribution in [3.63, 3.8) is 0 Å². The molecule has 0 aliphatic rings. The molecule has 0 aliphatic heterocycles. The predicted molar refractivity (Wildman–Crippen MR) is 63.1 cm³/mol. The van der Waals surface area contributed by atoms with Crippen LogP contribution in [0.4, 0.5) is 14.5 Å². The summed E-state index contributed by atoms with van der Waals surface area (Å²) in [4.78, 5) is 3.81. The molecule has 1 rings (SSSR count). The third kappa shape index (κ3) is 3.64. The molecule has 17 heavy (non-hydrogen) atoms. The number of nitrogens with zero attached hydrogens (tertiary/aromatic N) is 1. The van der Waals surface area contributed by atoms with Gasteiger partial charge >= 0.3 is 0 Å². The minimum absolute atomic E-state index is 0.00551. The van der Waals surface area contributed by atoms with Crippen LogP contribution in [-0.2, 0) is 0 Å². The van der Waals surface area contributed by atoms with Gasteiger partial charge < -0.3 is 10.8 Å². The lowest BCUT2D eigenvalue weighted by Crippen LogP contribution is -2.11. The van der Waals surface area contributed by atoms with E-state index < -0.39 is 17.7 Å². The molecule has 0 bridgehead atoms. The topological polar surface area (TPSA) is 58.6 Å². The Kier molecular flexibility index (Phi) is 4.78. The highest BCUT2D eigenvalue weighted by Crippen LogP contribution is 2.18. The zero-order valence-electron chi connectivity index (χ0n) is 9.40. The lowest BCUT2D eigenvalue weighted by Gasteiger charge is -2.07. The summed E-state index contributed by atoms with van der Waals surface area (Å²) < 4.78 is 25.9. The summed E-state index contributed by atoms with van der Waals surface area (Å²) in [7, 11) is 0. The highest BCUT2D eigenvalue weighted by atomic mass is 19.1. The number of rotatable bonds is 4. The fourth-order valence-corrected chi connectivity index (χ4v) is 1.21. The van der Waals surface area contributed by atoms with Gasteiger partial charge in [-0.25, -0.2) is 8.78 Å². The quantitative estimate of drug-likeness (QED) is 0.793. The standard InChI is InChI=1S/C12H14F2N2O/c1-2-12(17)8(6-15)7-16-11-4-3-9(13)5-10(11)14/h3-7,12,17H,2,15H2,1H3. The molecule has 5 heteroatoms. The van der Waals surface area contributed by atoms with Gasteiger partial charge in [0.25, 0.3) is 0 Å². The molecule has 0 aliphatic carbocycles. The second kappa shape index (κ2) is 6.10. The van der Waals surface area contributed by atoms with Crippen LogP contribution in [0.5, 0.6) is 0 Å². The Bertz CT molecular complexity index is 444. The molecule has 1 aromatic rings. The van der Waals surface area contributed by atoms with E-state index in [0.29, 0.717) is 12.0 Å². The first-order valence-electron chi connectivity index (χ1n) is 5.17. The zero-order chi connectivity index (χ0) is 12.8. The first-order valence-corrected chi connectivity index (χ1v) is 5.17. The van der Waals surface area contributed by atoms with E-state index in [1.165, 1.54) is 18.5 Å². The van der Waals surface area contributed by atoms with Gasteiger partial charge in [0.2, 0.25) is 0 Å². The molecule has 1 atom stereocenters. The molecular weight excluding hydrogens is 226 g/mol. The highest BCUT2D eigenvalue weighted by Gasteiger charge is 2.06. The minimum Gasteiger partial charge on any atom is -0.404 e. The third-order valence-electron chi connectivity index (χ3n) is 2.23. The number of hydrogen-bond donors (Lipinski definition) is 2. The van der Waals surface area contributed by atoms with Gasteiger partial charge in [0, 0.05) is 24.1 Å².